The fraction of sp³-hybridized carbons (Fsp3) is 0.538. The Bertz CT molecular complexity index is 424. The molecule has 0 aliphatic rings. The van der Waals surface area contributed by atoms with Crippen molar-refractivity contribution >= 4 is 27.3 Å². The Hall–Kier alpha value is -1.14. The highest BCUT2D eigenvalue weighted by Gasteiger charge is 2.12. The van der Waals surface area contributed by atoms with Gasteiger partial charge in [0.25, 0.3) is 5.69 Å². The molecule has 0 aliphatic heterocycles. The molecule has 1 aromatic carbocycles. The van der Waals surface area contributed by atoms with Gasteiger partial charge in [0.05, 0.1) is 11.5 Å². The van der Waals surface area contributed by atoms with Crippen LogP contribution in [0.2, 0.25) is 0 Å². The maximum atomic E-state index is 10.9. The fourth-order valence-corrected chi connectivity index (χ4v) is 1.85. The van der Waals surface area contributed by atoms with E-state index < -0.39 is 4.92 Å². The molecule has 1 aromatic rings. The van der Waals surface area contributed by atoms with Crippen LogP contribution in [0.5, 0.6) is 0 Å². The van der Waals surface area contributed by atoms with Gasteiger partial charge in [-0.3, -0.25) is 10.1 Å². The Labute approximate surface area is 121 Å². The summed E-state index contributed by atoms with van der Waals surface area (Å²) in [5.74, 6) is 0.624. The summed E-state index contributed by atoms with van der Waals surface area (Å²) in [7, 11) is 0. The highest BCUT2D eigenvalue weighted by molar-refractivity contribution is 9.10. The van der Waals surface area contributed by atoms with Crippen LogP contribution in [0.3, 0.4) is 0 Å². The number of nitro groups is 1. The summed E-state index contributed by atoms with van der Waals surface area (Å²) in [6.07, 6.45) is 1.02. The predicted molar refractivity (Wildman–Crippen MR) is 79.6 cm³/mol. The van der Waals surface area contributed by atoms with Gasteiger partial charge >= 0.3 is 0 Å². The number of hydrogen-bond donors (Lipinski definition) is 1. The smallest absolute Gasteiger partial charge is 0.292 e. The average Bonchev–Trinajstić information content (AvgIpc) is 2.33. The monoisotopic (exact) mass is 330 g/mol. The number of nitrogens with one attached hydrogen (secondary N) is 1. The molecule has 0 unspecified atom stereocenters. The van der Waals surface area contributed by atoms with Crippen LogP contribution >= 0.6 is 15.9 Å². The van der Waals surface area contributed by atoms with E-state index in [1.54, 1.807) is 12.1 Å². The molecule has 0 saturated carbocycles. The van der Waals surface area contributed by atoms with E-state index in [9.17, 15) is 10.1 Å². The van der Waals surface area contributed by atoms with Crippen LogP contribution in [0.15, 0.2) is 22.7 Å². The van der Waals surface area contributed by atoms with Crippen molar-refractivity contribution in [2.45, 2.75) is 20.3 Å². The Morgan fingerprint density at radius 3 is 2.79 bits per heavy atom. The largest absolute Gasteiger partial charge is 0.380 e. The van der Waals surface area contributed by atoms with Crippen molar-refractivity contribution in [2.75, 3.05) is 25.1 Å². The minimum Gasteiger partial charge on any atom is -0.380 e. The quantitative estimate of drug-likeness (QED) is 0.447. The molecule has 0 amide bonds. The van der Waals surface area contributed by atoms with Gasteiger partial charge in [-0.1, -0.05) is 29.8 Å². The van der Waals surface area contributed by atoms with Gasteiger partial charge in [-0.15, -0.1) is 0 Å². The third-order valence-electron chi connectivity index (χ3n) is 2.56. The molecule has 19 heavy (non-hydrogen) atoms. The number of benzene rings is 1. The molecular formula is C13H19BrN2O3. The number of anilines is 1. The van der Waals surface area contributed by atoms with E-state index in [4.69, 9.17) is 4.74 Å². The van der Waals surface area contributed by atoms with E-state index >= 15 is 0 Å². The third kappa shape index (κ3) is 6.02. The maximum absolute atomic E-state index is 10.9. The SMILES string of the molecule is CC(C)CCOCCNc1cc(Br)ccc1[N+](=O)[O-]. The first-order valence-electron chi connectivity index (χ1n) is 6.26. The first-order valence-corrected chi connectivity index (χ1v) is 7.05. The average molecular weight is 331 g/mol. The molecule has 0 aliphatic carbocycles. The van der Waals surface area contributed by atoms with Gasteiger partial charge in [-0.25, -0.2) is 0 Å². The summed E-state index contributed by atoms with van der Waals surface area (Å²) in [6, 6.07) is 4.83. The van der Waals surface area contributed by atoms with Crippen LogP contribution in [0.4, 0.5) is 11.4 Å². The molecule has 0 heterocycles. The van der Waals surface area contributed by atoms with E-state index in [2.05, 4.69) is 35.1 Å². The first kappa shape index (κ1) is 15.9. The van der Waals surface area contributed by atoms with Crippen LogP contribution in [-0.2, 0) is 4.74 Å². The molecule has 106 valence electrons. The molecule has 5 nitrogen and oxygen atoms in total. The molecule has 0 atom stereocenters. The van der Waals surface area contributed by atoms with Gasteiger partial charge in [0.15, 0.2) is 0 Å². The van der Waals surface area contributed by atoms with E-state index in [0.717, 1.165) is 17.5 Å². The Kier molecular flexibility index (Phi) is 6.80. The van der Waals surface area contributed by atoms with Gasteiger partial charge in [-0.05, 0) is 24.5 Å². The van der Waals surface area contributed by atoms with E-state index in [-0.39, 0.29) is 5.69 Å². The highest BCUT2D eigenvalue weighted by atomic mass is 79.9. The number of nitro benzene ring substituents is 1. The zero-order valence-electron chi connectivity index (χ0n) is 11.2. The van der Waals surface area contributed by atoms with Crippen molar-refractivity contribution in [3.63, 3.8) is 0 Å². The lowest BCUT2D eigenvalue weighted by Crippen LogP contribution is -2.11. The topological polar surface area (TPSA) is 64.4 Å². The van der Waals surface area contributed by atoms with Gasteiger partial charge in [0.2, 0.25) is 0 Å². The van der Waals surface area contributed by atoms with Crippen LogP contribution in [0, 0.1) is 16.0 Å². The van der Waals surface area contributed by atoms with Gasteiger partial charge in [0.1, 0.15) is 5.69 Å². The molecule has 0 saturated heterocycles. The second kappa shape index (κ2) is 8.12. The molecule has 0 fully saturated rings. The Morgan fingerprint density at radius 1 is 1.42 bits per heavy atom. The molecule has 0 bridgehead atoms. The van der Waals surface area contributed by atoms with Crippen LogP contribution in [0.25, 0.3) is 0 Å². The summed E-state index contributed by atoms with van der Waals surface area (Å²) >= 11 is 3.30. The number of halogens is 1. The lowest BCUT2D eigenvalue weighted by molar-refractivity contribution is -0.384. The molecule has 1 N–H and O–H groups in total. The molecule has 0 aromatic heterocycles. The lowest BCUT2D eigenvalue weighted by atomic mass is 10.1. The number of ether oxygens (including phenoxy) is 1. The number of hydrogen-bond acceptors (Lipinski definition) is 4. The molecule has 0 radical (unpaired) electrons. The van der Waals surface area contributed by atoms with Crippen molar-refractivity contribution in [2.24, 2.45) is 5.92 Å². The minimum atomic E-state index is -0.394. The molecule has 6 heteroatoms. The predicted octanol–water partition coefficient (Wildman–Crippen LogP) is 3.83. The van der Waals surface area contributed by atoms with Crippen molar-refractivity contribution in [1.82, 2.24) is 0 Å². The summed E-state index contributed by atoms with van der Waals surface area (Å²) in [5, 5.41) is 13.9. The van der Waals surface area contributed by atoms with Crippen molar-refractivity contribution in [3.05, 3.63) is 32.8 Å². The van der Waals surface area contributed by atoms with Crippen molar-refractivity contribution < 1.29 is 9.66 Å². The van der Waals surface area contributed by atoms with Crippen LogP contribution in [0.1, 0.15) is 20.3 Å². The van der Waals surface area contributed by atoms with E-state index in [1.165, 1.54) is 6.07 Å². The first-order chi connectivity index (χ1) is 9.00. The second-order valence-corrected chi connectivity index (χ2v) is 5.56. The Morgan fingerprint density at radius 2 is 2.16 bits per heavy atom. The summed E-state index contributed by atoms with van der Waals surface area (Å²) in [6.45, 7) is 6.10. The molecular weight excluding hydrogens is 312 g/mol. The van der Waals surface area contributed by atoms with Gasteiger partial charge < -0.3 is 10.1 Å². The van der Waals surface area contributed by atoms with Gasteiger partial charge in [0, 0.05) is 23.7 Å². The number of rotatable bonds is 8. The standard InChI is InChI=1S/C13H19BrN2O3/c1-10(2)5-7-19-8-6-15-12-9-11(14)3-4-13(12)16(17)18/h3-4,9-10,15H,5-8H2,1-2H3. The van der Waals surface area contributed by atoms with Crippen LogP contribution in [-0.4, -0.2) is 24.7 Å². The second-order valence-electron chi connectivity index (χ2n) is 4.64. The number of nitrogens with zero attached hydrogens (tertiary/aromatic N) is 1. The molecule has 1 rings (SSSR count). The third-order valence-corrected chi connectivity index (χ3v) is 3.05. The zero-order chi connectivity index (χ0) is 14.3. The Balaban J connectivity index is 2.40. The highest BCUT2D eigenvalue weighted by Crippen LogP contribution is 2.27. The molecule has 0 spiro atoms. The van der Waals surface area contributed by atoms with E-state index in [1.807, 2.05) is 0 Å². The fourth-order valence-electron chi connectivity index (χ4n) is 1.49. The normalized spacial score (nSPS) is 10.7. The summed E-state index contributed by atoms with van der Waals surface area (Å²) in [5.41, 5.74) is 0.581. The van der Waals surface area contributed by atoms with Gasteiger partial charge in [-0.2, -0.15) is 0 Å². The van der Waals surface area contributed by atoms with E-state index in [0.29, 0.717) is 24.8 Å². The zero-order valence-corrected chi connectivity index (χ0v) is 12.8. The summed E-state index contributed by atoms with van der Waals surface area (Å²) in [4.78, 5) is 10.5. The summed E-state index contributed by atoms with van der Waals surface area (Å²) < 4.78 is 6.26. The lowest BCUT2D eigenvalue weighted by Gasteiger charge is -2.09. The minimum absolute atomic E-state index is 0.0744. The van der Waals surface area contributed by atoms with Crippen molar-refractivity contribution in [3.8, 4) is 0 Å². The van der Waals surface area contributed by atoms with Crippen LogP contribution < -0.4 is 5.32 Å². The van der Waals surface area contributed by atoms with Crippen molar-refractivity contribution in [1.29, 1.82) is 0 Å². The maximum Gasteiger partial charge on any atom is 0.292 e.